The Labute approximate surface area is 163 Å². The molecule has 0 unspecified atom stereocenters. The molecule has 0 aliphatic heterocycles. The fourth-order valence-electron chi connectivity index (χ4n) is 3.03. The van der Waals surface area contributed by atoms with Crippen LogP contribution in [0, 0.1) is 0 Å². The van der Waals surface area contributed by atoms with Gasteiger partial charge in [0.1, 0.15) is 6.54 Å². The van der Waals surface area contributed by atoms with E-state index in [0.717, 1.165) is 17.4 Å². The first kappa shape index (κ1) is 19.0. The second-order valence-corrected chi connectivity index (χ2v) is 6.88. The lowest BCUT2D eigenvalue weighted by molar-refractivity contribution is -0.147. The molecule has 4 rings (SSSR count). The Morgan fingerprint density at radius 3 is 2.59 bits per heavy atom. The highest BCUT2D eigenvalue weighted by molar-refractivity contribution is 5.97. The van der Waals surface area contributed by atoms with Gasteiger partial charge < -0.3 is 15.2 Å². The number of carbonyl (C=O) groups is 2. The van der Waals surface area contributed by atoms with Crippen LogP contribution in [0.5, 0.6) is 0 Å². The zero-order valence-electron chi connectivity index (χ0n) is 15.2. The van der Waals surface area contributed by atoms with Gasteiger partial charge in [-0.25, -0.2) is 4.98 Å². The smallest absolute Gasteiger partial charge is 0.349 e. The number of rotatable bonds is 5. The minimum Gasteiger partial charge on any atom is -0.349 e. The van der Waals surface area contributed by atoms with Crippen molar-refractivity contribution in [2.45, 2.75) is 31.6 Å². The van der Waals surface area contributed by atoms with Crippen molar-refractivity contribution in [3.63, 3.8) is 0 Å². The van der Waals surface area contributed by atoms with Crippen LogP contribution in [0.4, 0.5) is 18.9 Å². The van der Waals surface area contributed by atoms with Gasteiger partial charge in [-0.2, -0.15) is 13.2 Å². The van der Waals surface area contributed by atoms with Crippen molar-refractivity contribution in [1.29, 1.82) is 0 Å². The van der Waals surface area contributed by atoms with Gasteiger partial charge in [-0.15, -0.1) is 0 Å². The molecule has 0 spiro atoms. The van der Waals surface area contributed by atoms with E-state index >= 15 is 0 Å². The number of para-hydroxylation sites is 2. The molecule has 0 radical (unpaired) electrons. The largest absolute Gasteiger partial charge is 0.449 e. The number of nitrogens with zero attached hydrogens (tertiary/aromatic N) is 2. The molecule has 2 aromatic carbocycles. The van der Waals surface area contributed by atoms with Gasteiger partial charge in [0.05, 0.1) is 11.0 Å². The van der Waals surface area contributed by atoms with Gasteiger partial charge in [-0.3, -0.25) is 9.59 Å². The molecule has 1 saturated carbocycles. The topological polar surface area (TPSA) is 76.0 Å². The third kappa shape index (κ3) is 4.23. The number of halogens is 3. The number of nitrogens with one attached hydrogen (secondary N) is 2. The molecule has 6 nitrogen and oxygen atoms in total. The zero-order chi connectivity index (χ0) is 20.6. The Balaban J connectivity index is 1.54. The fraction of sp³-hybridized carbons (Fsp3) is 0.250. The Bertz CT molecular complexity index is 1090. The van der Waals surface area contributed by atoms with Gasteiger partial charge >= 0.3 is 6.18 Å². The number of aromatic nitrogens is 2. The van der Waals surface area contributed by atoms with Gasteiger partial charge in [-0.05, 0) is 43.2 Å². The third-order valence-electron chi connectivity index (χ3n) is 4.53. The van der Waals surface area contributed by atoms with Gasteiger partial charge in [0, 0.05) is 17.3 Å². The average Bonchev–Trinajstić information content (AvgIpc) is 3.40. The highest BCUT2D eigenvalue weighted by Gasteiger charge is 2.38. The first-order valence-corrected chi connectivity index (χ1v) is 9.04. The summed E-state index contributed by atoms with van der Waals surface area (Å²) in [5.74, 6) is -2.03. The number of fused-ring (bicyclic) bond motifs is 1. The Morgan fingerprint density at radius 1 is 1.10 bits per heavy atom. The molecule has 1 aliphatic carbocycles. The highest BCUT2D eigenvalue weighted by atomic mass is 19.4. The van der Waals surface area contributed by atoms with Crippen molar-refractivity contribution in [3.8, 4) is 0 Å². The lowest BCUT2D eigenvalue weighted by Gasteiger charge is -2.12. The summed E-state index contributed by atoms with van der Waals surface area (Å²) in [6, 6.07) is 12.6. The second kappa shape index (κ2) is 7.23. The molecule has 1 aromatic heterocycles. The van der Waals surface area contributed by atoms with Crippen LogP contribution >= 0.6 is 0 Å². The third-order valence-corrected chi connectivity index (χ3v) is 4.53. The molecule has 0 atom stereocenters. The Hall–Kier alpha value is -3.36. The summed E-state index contributed by atoms with van der Waals surface area (Å²) in [4.78, 5) is 28.2. The lowest BCUT2D eigenvalue weighted by Crippen LogP contribution is -2.26. The number of anilines is 1. The maximum Gasteiger partial charge on any atom is 0.449 e. The van der Waals surface area contributed by atoms with Crippen LogP contribution < -0.4 is 10.6 Å². The molecule has 1 heterocycles. The van der Waals surface area contributed by atoms with Gasteiger partial charge in [-0.1, -0.05) is 18.2 Å². The molecular formula is C20H17F3N4O2. The number of imidazole rings is 1. The highest BCUT2D eigenvalue weighted by Crippen LogP contribution is 2.31. The van der Waals surface area contributed by atoms with E-state index in [1.807, 2.05) is 0 Å². The first-order chi connectivity index (χ1) is 13.8. The fourth-order valence-corrected chi connectivity index (χ4v) is 3.03. The average molecular weight is 402 g/mol. The summed E-state index contributed by atoms with van der Waals surface area (Å²) in [7, 11) is 0. The number of amides is 2. The van der Waals surface area contributed by atoms with Crippen LogP contribution in [0.25, 0.3) is 11.0 Å². The summed E-state index contributed by atoms with van der Waals surface area (Å²) < 4.78 is 40.9. The normalized spacial score (nSPS) is 14.0. The minimum atomic E-state index is -4.69. The summed E-state index contributed by atoms with van der Waals surface area (Å²) in [6.07, 6.45) is -2.80. The summed E-state index contributed by atoms with van der Waals surface area (Å²) in [6.45, 7) is -0.562. The Kier molecular flexibility index (Phi) is 4.73. The quantitative estimate of drug-likeness (QED) is 0.685. The number of benzene rings is 2. The predicted molar refractivity (Wildman–Crippen MR) is 100 cm³/mol. The maximum atomic E-state index is 13.4. The predicted octanol–water partition coefficient (Wildman–Crippen LogP) is 3.59. The molecule has 3 aromatic rings. The van der Waals surface area contributed by atoms with E-state index in [1.54, 1.807) is 30.3 Å². The van der Waals surface area contributed by atoms with E-state index in [2.05, 4.69) is 15.6 Å². The van der Waals surface area contributed by atoms with E-state index in [4.69, 9.17) is 0 Å². The van der Waals surface area contributed by atoms with Crippen LogP contribution in [-0.4, -0.2) is 27.4 Å². The lowest BCUT2D eigenvalue weighted by atomic mass is 10.2. The van der Waals surface area contributed by atoms with Crippen LogP contribution in [0.15, 0.2) is 48.5 Å². The molecule has 29 heavy (non-hydrogen) atoms. The molecule has 9 heteroatoms. The number of alkyl halides is 3. The van der Waals surface area contributed by atoms with Crippen molar-refractivity contribution in [2.75, 3.05) is 5.32 Å². The number of carbonyl (C=O) groups excluding carboxylic acids is 2. The molecule has 2 amide bonds. The summed E-state index contributed by atoms with van der Waals surface area (Å²) >= 11 is 0. The molecule has 1 fully saturated rings. The van der Waals surface area contributed by atoms with E-state index in [0.29, 0.717) is 11.3 Å². The van der Waals surface area contributed by atoms with E-state index < -0.39 is 24.5 Å². The maximum absolute atomic E-state index is 13.4. The van der Waals surface area contributed by atoms with E-state index in [9.17, 15) is 22.8 Å². The molecular weight excluding hydrogens is 385 g/mol. The van der Waals surface area contributed by atoms with Gasteiger partial charge in [0.25, 0.3) is 5.91 Å². The number of hydrogen-bond donors (Lipinski definition) is 2. The second-order valence-electron chi connectivity index (χ2n) is 6.88. The van der Waals surface area contributed by atoms with E-state index in [-0.39, 0.29) is 23.0 Å². The molecule has 0 bridgehead atoms. The summed E-state index contributed by atoms with van der Waals surface area (Å²) in [5.41, 5.74) is 1.08. The molecule has 1 aliphatic rings. The van der Waals surface area contributed by atoms with Crippen LogP contribution in [0.1, 0.15) is 29.0 Å². The molecule has 150 valence electrons. The van der Waals surface area contributed by atoms with Crippen molar-refractivity contribution in [2.24, 2.45) is 0 Å². The standard InChI is InChI=1S/C20H17F3N4O2/c21-20(22,23)19-26-15-6-1-2-7-16(15)27(19)11-17(28)24-14-5-3-4-12(10-14)18(29)25-13-8-9-13/h1-7,10,13H,8-9,11H2,(H,24,28)(H,25,29). The SMILES string of the molecule is O=C(Cn1c(C(F)(F)F)nc2ccccc21)Nc1cccc(C(=O)NC2CC2)c1. The summed E-state index contributed by atoms with van der Waals surface area (Å²) in [5, 5.41) is 5.40. The van der Waals surface area contributed by atoms with Crippen molar-refractivity contribution < 1.29 is 22.8 Å². The monoisotopic (exact) mass is 402 g/mol. The van der Waals surface area contributed by atoms with Crippen molar-refractivity contribution in [3.05, 3.63) is 59.9 Å². The van der Waals surface area contributed by atoms with Crippen LogP contribution in [-0.2, 0) is 17.5 Å². The first-order valence-electron chi connectivity index (χ1n) is 9.04. The van der Waals surface area contributed by atoms with Crippen LogP contribution in [0.3, 0.4) is 0 Å². The van der Waals surface area contributed by atoms with Crippen molar-refractivity contribution >= 4 is 28.5 Å². The Morgan fingerprint density at radius 2 is 1.86 bits per heavy atom. The molecule has 2 N–H and O–H groups in total. The number of hydrogen-bond acceptors (Lipinski definition) is 3. The molecule has 0 saturated heterocycles. The van der Waals surface area contributed by atoms with Crippen molar-refractivity contribution in [1.82, 2.24) is 14.9 Å². The van der Waals surface area contributed by atoms with Gasteiger partial charge in [0.2, 0.25) is 11.7 Å². The van der Waals surface area contributed by atoms with Crippen LogP contribution in [0.2, 0.25) is 0 Å². The van der Waals surface area contributed by atoms with Gasteiger partial charge in [0.15, 0.2) is 0 Å². The zero-order valence-corrected chi connectivity index (χ0v) is 15.2. The minimum absolute atomic E-state index is 0.159. The van der Waals surface area contributed by atoms with E-state index in [1.165, 1.54) is 18.2 Å².